The first-order valence-electron chi connectivity index (χ1n) is 9.54. The van der Waals surface area contributed by atoms with Crippen molar-refractivity contribution in [2.45, 2.75) is 44.7 Å². The Bertz CT molecular complexity index is 998. The van der Waals surface area contributed by atoms with Crippen LogP contribution in [0.5, 0.6) is 0 Å². The van der Waals surface area contributed by atoms with Crippen LogP contribution in [0.15, 0.2) is 48.8 Å². The van der Waals surface area contributed by atoms with Gasteiger partial charge in [-0.15, -0.1) is 6.42 Å². The van der Waals surface area contributed by atoms with Gasteiger partial charge in [-0.1, -0.05) is 50.1 Å². The van der Waals surface area contributed by atoms with Gasteiger partial charge in [-0.05, 0) is 24.1 Å². The third kappa shape index (κ3) is 3.96. The van der Waals surface area contributed by atoms with Crippen molar-refractivity contribution in [1.82, 2.24) is 14.6 Å². The molecule has 152 valence electrons. The number of ether oxygens (including phenoxy) is 1. The van der Waals surface area contributed by atoms with E-state index in [2.05, 4.69) is 16.0 Å². The Morgan fingerprint density at radius 2 is 2.00 bits per heavy atom. The van der Waals surface area contributed by atoms with Crippen LogP contribution < -0.4 is 5.73 Å². The molecule has 7 heteroatoms. The topological polar surface area (TPSA) is 106 Å². The monoisotopic (exact) mass is 394 g/mol. The van der Waals surface area contributed by atoms with Gasteiger partial charge in [-0.25, -0.2) is 9.50 Å². The minimum Gasteiger partial charge on any atom is -0.393 e. The van der Waals surface area contributed by atoms with Crippen LogP contribution in [0.3, 0.4) is 0 Å². The van der Waals surface area contributed by atoms with Gasteiger partial charge in [0, 0.05) is 5.92 Å². The summed E-state index contributed by atoms with van der Waals surface area (Å²) >= 11 is 0. The van der Waals surface area contributed by atoms with E-state index in [1.54, 1.807) is 12.1 Å². The molecule has 0 aliphatic rings. The van der Waals surface area contributed by atoms with Gasteiger partial charge in [0.25, 0.3) is 0 Å². The first-order chi connectivity index (χ1) is 13.9. The van der Waals surface area contributed by atoms with Gasteiger partial charge >= 0.3 is 0 Å². The number of nitrogens with two attached hydrogens (primary N) is 1. The van der Waals surface area contributed by atoms with E-state index in [0.717, 1.165) is 5.56 Å². The summed E-state index contributed by atoms with van der Waals surface area (Å²) in [6.07, 6.45) is 6.02. The highest BCUT2D eigenvalue weighted by Crippen LogP contribution is 2.35. The third-order valence-electron chi connectivity index (χ3n) is 5.28. The fourth-order valence-corrected chi connectivity index (χ4v) is 3.53. The molecule has 2 heterocycles. The van der Waals surface area contributed by atoms with Crippen LogP contribution in [-0.4, -0.2) is 37.0 Å². The molecule has 3 aromatic rings. The van der Waals surface area contributed by atoms with Crippen LogP contribution in [-0.2, 0) is 16.9 Å². The lowest BCUT2D eigenvalue weighted by molar-refractivity contribution is -0.134. The predicted octanol–water partition coefficient (Wildman–Crippen LogP) is 2.12. The maximum absolute atomic E-state index is 11.6. The Balaban J connectivity index is 2.04. The molecule has 2 aromatic heterocycles. The van der Waals surface area contributed by atoms with Gasteiger partial charge in [-0.3, -0.25) is 0 Å². The number of benzene rings is 1. The molecule has 3 rings (SSSR count). The summed E-state index contributed by atoms with van der Waals surface area (Å²) in [5.74, 6) is 2.31. The maximum atomic E-state index is 11.6. The van der Waals surface area contributed by atoms with Crippen molar-refractivity contribution in [2.24, 2.45) is 5.92 Å². The van der Waals surface area contributed by atoms with E-state index < -0.39 is 23.7 Å². The van der Waals surface area contributed by atoms with Crippen molar-refractivity contribution in [3.05, 3.63) is 60.0 Å². The first-order valence-corrected chi connectivity index (χ1v) is 9.54. The molecule has 0 aliphatic carbocycles. The Morgan fingerprint density at radius 3 is 2.66 bits per heavy atom. The lowest BCUT2D eigenvalue weighted by Crippen LogP contribution is -2.48. The number of aromatic nitrogens is 3. The molecule has 1 aromatic carbocycles. The molecule has 0 radical (unpaired) electrons. The van der Waals surface area contributed by atoms with Crippen LogP contribution >= 0.6 is 0 Å². The van der Waals surface area contributed by atoms with Gasteiger partial charge in [0.05, 0.1) is 18.4 Å². The van der Waals surface area contributed by atoms with Crippen molar-refractivity contribution in [3.8, 4) is 12.3 Å². The average Bonchev–Trinajstić information content (AvgIpc) is 3.19. The van der Waals surface area contributed by atoms with Crippen LogP contribution in [0.25, 0.3) is 5.52 Å². The van der Waals surface area contributed by atoms with Crippen molar-refractivity contribution < 1.29 is 14.9 Å². The summed E-state index contributed by atoms with van der Waals surface area (Å²) in [7, 11) is 0. The molecule has 4 N–H and O–H groups in total. The second-order valence-corrected chi connectivity index (χ2v) is 7.12. The third-order valence-corrected chi connectivity index (χ3v) is 5.28. The molecule has 4 atom stereocenters. The quantitative estimate of drug-likeness (QED) is 0.506. The van der Waals surface area contributed by atoms with Crippen molar-refractivity contribution in [3.63, 3.8) is 0 Å². The zero-order valence-corrected chi connectivity index (χ0v) is 16.6. The summed E-state index contributed by atoms with van der Waals surface area (Å²) < 4.78 is 7.60. The summed E-state index contributed by atoms with van der Waals surface area (Å²) in [6, 6.07) is 12.9. The Hall–Kier alpha value is -2.92. The number of fused-ring (bicyclic) bond motifs is 1. The fourth-order valence-electron chi connectivity index (χ4n) is 3.53. The zero-order chi connectivity index (χ0) is 21.0. The van der Waals surface area contributed by atoms with Crippen LogP contribution in [0.1, 0.15) is 31.5 Å². The average molecular weight is 394 g/mol. The molecule has 0 aliphatic heterocycles. The largest absolute Gasteiger partial charge is 0.393 e. The molecule has 0 spiro atoms. The number of terminal acetylenes is 1. The Kier molecular flexibility index (Phi) is 6.18. The Morgan fingerprint density at radius 1 is 1.28 bits per heavy atom. The van der Waals surface area contributed by atoms with E-state index in [9.17, 15) is 10.2 Å². The van der Waals surface area contributed by atoms with E-state index in [0.29, 0.717) is 17.6 Å². The van der Waals surface area contributed by atoms with E-state index in [1.807, 2.05) is 44.2 Å². The molecule has 0 fully saturated rings. The minimum atomic E-state index is -1.85. The van der Waals surface area contributed by atoms with Gasteiger partial charge < -0.3 is 20.7 Å². The molecule has 29 heavy (non-hydrogen) atoms. The number of nitrogen functional groups attached to an aromatic ring is 1. The SMILES string of the molecule is C#C[C@@](O)(c1ccc2c(N)ncnn12)[C@H](OCc1ccccc1)[C@H](C)[C@H](O)CC. The van der Waals surface area contributed by atoms with Gasteiger partial charge in [0.15, 0.2) is 11.4 Å². The highest BCUT2D eigenvalue weighted by atomic mass is 16.5. The summed E-state index contributed by atoms with van der Waals surface area (Å²) in [5, 5.41) is 26.3. The molecule has 0 bridgehead atoms. The predicted molar refractivity (Wildman–Crippen MR) is 111 cm³/mol. The zero-order valence-electron chi connectivity index (χ0n) is 16.6. The normalized spacial score (nSPS) is 16.7. The first kappa shape index (κ1) is 20.8. The number of anilines is 1. The van der Waals surface area contributed by atoms with E-state index in [1.165, 1.54) is 10.8 Å². The second kappa shape index (κ2) is 8.62. The second-order valence-electron chi connectivity index (χ2n) is 7.12. The summed E-state index contributed by atoms with van der Waals surface area (Å²) in [6.45, 7) is 3.91. The lowest BCUT2D eigenvalue weighted by atomic mass is 9.82. The molecular weight excluding hydrogens is 368 g/mol. The van der Waals surface area contributed by atoms with Gasteiger partial charge in [0.1, 0.15) is 17.9 Å². The number of rotatable bonds is 8. The number of hydrogen-bond donors (Lipinski definition) is 3. The Labute approximate surface area is 170 Å². The molecule has 0 amide bonds. The van der Waals surface area contributed by atoms with E-state index in [-0.39, 0.29) is 12.4 Å². The molecule has 7 nitrogen and oxygen atoms in total. The van der Waals surface area contributed by atoms with Crippen molar-refractivity contribution >= 4 is 11.3 Å². The number of aliphatic hydroxyl groups is 2. The number of nitrogens with zero attached hydrogens (tertiary/aromatic N) is 3. The minimum absolute atomic E-state index is 0.233. The highest BCUT2D eigenvalue weighted by molar-refractivity contribution is 5.66. The van der Waals surface area contributed by atoms with Gasteiger partial charge in [-0.2, -0.15) is 5.10 Å². The van der Waals surface area contributed by atoms with E-state index >= 15 is 0 Å². The molecule has 0 saturated heterocycles. The maximum Gasteiger partial charge on any atom is 0.194 e. The van der Waals surface area contributed by atoms with Crippen LogP contribution in [0, 0.1) is 18.3 Å². The molecule has 0 saturated carbocycles. The molecule has 0 unspecified atom stereocenters. The lowest BCUT2D eigenvalue weighted by Gasteiger charge is -2.37. The highest BCUT2D eigenvalue weighted by Gasteiger charge is 2.45. The smallest absolute Gasteiger partial charge is 0.194 e. The van der Waals surface area contributed by atoms with Crippen molar-refractivity contribution in [2.75, 3.05) is 5.73 Å². The number of aliphatic hydroxyl groups excluding tert-OH is 1. The van der Waals surface area contributed by atoms with Crippen LogP contribution in [0.4, 0.5) is 5.82 Å². The van der Waals surface area contributed by atoms with Crippen molar-refractivity contribution in [1.29, 1.82) is 0 Å². The standard InChI is InChI=1S/C22H26N4O3/c1-4-18(27)15(3)20(29-13-16-9-7-6-8-10-16)22(28,5-2)19-12-11-17-21(23)24-14-25-26(17)19/h2,6-12,14-15,18,20,27-28H,4,13H2,1,3H3,(H2,23,24,25)/t15-,18-,20-,22-/m1/s1. The number of hydrogen-bond acceptors (Lipinski definition) is 6. The van der Waals surface area contributed by atoms with Gasteiger partial charge in [0.2, 0.25) is 0 Å². The summed E-state index contributed by atoms with van der Waals surface area (Å²) in [4.78, 5) is 3.97. The molecular formula is C22H26N4O3. The van der Waals surface area contributed by atoms with E-state index in [4.69, 9.17) is 16.9 Å². The fraction of sp³-hybridized carbons (Fsp3) is 0.364. The van der Waals surface area contributed by atoms with Crippen LogP contribution in [0.2, 0.25) is 0 Å². The summed E-state index contributed by atoms with van der Waals surface area (Å²) in [5.41, 5.74) is 5.86.